The number of nitrogens with zero attached hydrogens (tertiary/aromatic N) is 3. The monoisotopic (exact) mass is 408 g/mol. The molecule has 3 aliphatic rings. The standard InChI is InChI=1S/C18H28N6O5/c1-8-11(15(17(28)29)24-14(8)13(9(2)25)16(24)27)7-23-4-3-10(6-23)22-12(26)5-21-18(19)20/h8-10,13-14,25H,3-7H2,1-2H3,(H,22,26)(H,28,29)(H4,19,20,21)/t8-,9+,10-,13+,14+/m0/s1. The van der Waals surface area contributed by atoms with E-state index in [-0.39, 0.29) is 48.0 Å². The molecule has 3 rings (SSSR count). The van der Waals surface area contributed by atoms with Crippen LogP contribution in [0.15, 0.2) is 16.3 Å². The van der Waals surface area contributed by atoms with Gasteiger partial charge in [-0.25, -0.2) is 9.79 Å². The maximum absolute atomic E-state index is 12.4. The van der Waals surface area contributed by atoms with Gasteiger partial charge >= 0.3 is 5.97 Å². The Hall–Kier alpha value is -2.66. The number of carboxylic acid groups (broad SMARTS) is 1. The summed E-state index contributed by atoms with van der Waals surface area (Å²) in [6.45, 7) is 4.97. The van der Waals surface area contributed by atoms with Crippen molar-refractivity contribution in [3.05, 3.63) is 11.3 Å². The fourth-order valence-corrected chi connectivity index (χ4v) is 4.62. The second kappa shape index (κ2) is 7.99. The number of β-lactam (4-membered cyclic amide) rings is 1. The average molecular weight is 408 g/mol. The minimum atomic E-state index is -1.13. The van der Waals surface area contributed by atoms with Crippen LogP contribution in [0.25, 0.3) is 0 Å². The van der Waals surface area contributed by atoms with Gasteiger partial charge < -0.3 is 31.9 Å². The Morgan fingerprint density at radius 2 is 2.07 bits per heavy atom. The molecule has 11 nitrogen and oxygen atoms in total. The van der Waals surface area contributed by atoms with Gasteiger partial charge in [-0.3, -0.25) is 14.5 Å². The highest BCUT2D eigenvalue weighted by molar-refractivity contribution is 6.00. The first kappa shape index (κ1) is 21.1. The van der Waals surface area contributed by atoms with Crippen molar-refractivity contribution in [3.8, 4) is 0 Å². The number of guanidine groups is 1. The minimum absolute atomic E-state index is 0.0321. The van der Waals surface area contributed by atoms with Crippen LogP contribution in [-0.4, -0.2) is 88.1 Å². The highest BCUT2D eigenvalue weighted by Gasteiger charge is 2.59. The number of aliphatic imine (C=N–C) groups is 1. The highest BCUT2D eigenvalue weighted by atomic mass is 16.4. The number of aliphatic hydroxyl groups is 1. The molecule has 0 saturated carbocycles. The van der Waals surface area contributed by atoms with E-state index in [0.717, 1.165) is 6.42 Å². The second-order valence-electron chi connectivity index (χ2n) is 7.96. The summed E-state index contributed by atoms with van der Waals surface area (Å²) in [6, 6.07) is -0.396. The number of amides is 2. The number of nitrogens with one attached hydrogen (secondary N) is 1. The summed E-state index contributed by atoms with van der Waals surface area (Å²) < 4.78 is 0. The van der Waals surface area contributed by atoms with Gasteiger partial charge in [0.15, 0.2) is 5.96 Å². The summed E-state index contributed by atoms with van der Waals surface area (Å²) in [5, 5.41) is 22.5. The van der Waals surface area contributed by atoms with Gasteiger partial charge in [0, 0.05) is 31.6 Å². The van der Waals surface area contributed by atoms with Crippen molar-refractivity contribution in [1.29, 1.82) is 0 Å². The molecule has 160 valence electrons. The first-order chi connectivity index (χ1) is 13.6. The van der Waals surface area contributed by atoms with E-state index in [9.17, 15) is 24.6 Å². The van der Waals surface area contributed by atoms with Crippen LogP contribution in [0.2, 0.25) is 0 Å². The van der Waals surface area contributed by atoms with Crippen LogP contribution in [0.4, 0.5) is 0 Å². The molecule has 0 spiro atoms. The van der Waals surface area contributed by atoms with Crippen molar-refractivity contribution < 1.29 is 24.6 Å². The van der Waals surface area contributed by atoms with Crippen molar-refractivity contribution in [2.45, 2.75) is 38.5 Å². The molecular formula is C18H28N6O5. The number of carbonyl (C=O) groups excluding carboxylic acids is 2. The van der Waals surface area contributed by atoms with E-state index >= 15 is 0 Å². The Morgan fingerprint density at radius 3 is 2.66 bits per heavy atom. The normalized spacial score (nSPS) is 30.0. The molecule has 0 bridgehead atoms. The Labute approximate surface area is 168 Å². The highest BCUT2D eigenvalue weighted by Crippen LogP contribution is 2.47. The molecule has 0 aromatic carbocycles. The zero-order chi connectivity index (χ0) is 21.5. The number of hydrogen-bond acceptors (Lipinski definition) is 6. The molecule has 3 aliphatic heterocycles. The number of likely N-dealkylation sites (tertiary alicyclic amines) is 1. The molecular weight excluding hydrogens is 380 g/mol. The summed E-state index contributed by atoms with van der Waals surface area (Å²) in [6.07, 6.45) is -0.0998. The van der Waals surface area contributed by atoms with Gasteiger partial charge in [-0.15, -0.1) is 0 Å². The topological polar surface area (TPSA) is 175 Å². The largest absolute Gasteiger partial charge is 0.477 e. The summed E-state index contributed by atoms with van der Waals surface area (Å²) in [5.74, 6) is -2.62. The number of aliphatic carboxylic acids is 1. The second-order valence-corrected chi connectivity index (χ2v) is 7.96. The maximum Gasteiger partial charge on any atom is 0.352 e. The third kappa shape index (κ3) is 3.92. The number of aliphatic hydroxyl groups excluding tert-OH is 1. The lowest BCUT2D eigenvalue weighted by atomic mass is 9.77. The van der Waals surface area contributed by atoms with E-state index in [1.54, 1.807) is 6.92 Å². The van der Waals surface area contributed by atoms with Crippen molar-refractivity contribution in [2.75, 3.05) is 26.2 Å². The average Bonchev–Trinajstić information content (AvgIpc) is 3.15. The molecule has 2 amide bonds. The molecule has 11 heteroatoms. The quantitative estimate of drug-likeness (QED) is 0.177. The Kier molecular flexibility index (Phi) is 5.80. The molecule has 0 radical (unpaired) electrons. The summed E-state index contributed by atoms with van der Waals surface area (Å²) in [7, 11) is 0. The van der Waals surface area contributed by atoms with Crippen LogP contribution in [0.5, 0.6) is 0 Å². The SMILES string of the molecule is C[C@@H](O)[C@H]1C(=O)N2C(C(=O)O)=C(CN3CC[C@H](NC(=O)CN=C(N)N)C3)[C@H](C)[C@H]12. The molecule has 0 aromatic rings. The molecule has 0 unspecified atom stereocenters. The fraction of sp³-hybridized carbons (Fsp3) is 0.667. The number of hydrogen-bond donors (Lipinski definition) is 5. The van der Waals surface area contributed by atoms with E-state index in [1.807, 2.05) is 6.92 Å². The molecule has 2 fully saturated rings. The lowest BCUT2D eigenvalue weighted by Crippen LogP contribution is -2.63. The summed E-state index contributed by atoms with van der Waals surface area (Å²) >= 11 is 0. The number of nitrogens with two attached hydrogens (primary N) is 2. The third-order valence-electron chi connectivity index (χ3n) is 5.95. The third-order valence-corrected chi connectivity index (χ3v) is 5.95. The number of rotatable bonds is 7. The van der Waals surface area contributed by atoms with E-state index in [0.29, 0.717) is 25.2 Å². The fourth-order valence-electron chi connectivity index (χ4n) is 4.62. The predicted molar refractivity (Wildman–Crippen MR) is 103 cm³/mol. The van der Waals surface area contributed by atoms with Gasteiger partial charge in [0.1, 0.15) is 12.2 Å². The predicted octanol–water partition coefficient (Wildman–Crippen LogP) is -2.35. The van der Waals surface area contributed by atoms with Crippen LogP contribution in [0.1, 0.15) is 20.3 Å². The Balaban J connectivity index is 1.65. The van der Waals surface area contributed by atoms with E-state index in [4.69, 9.17) is 11.5 Å². The van der Waals surface area contributed by atoms with Crippen molar-refractivity contribution >= 4 is 23.7 Å². The number of carbonyl (C=O) groups is 3. The smallest absolute Gasteiger partial charge is 0.352 e. The maximum atomic E-state index is 12.4. The van der Waals surface area contributed by atoms with Gasteiger partial charge in [-0.2, -0.15) is 0 Å². The van der Waals surface area contributed by atoms with Gasteiger partial charge in [0.05, 0.1) is 18.1 Å². The molecule has 5 atom stereocenters. The van der Waals surface area contributed by atoms with Crippen molar-refractivity contribution in [2.24, 2.45) is 28.3 Å². The van der Waals surface area contributed by atoms with Crippen LogP contribution < -0.4 is 16.8 Å². The first-order valence-corrected chi connectivity index (χ1v) is 9.66. The van der Waals surface area contributed by atoms with Crippen LogP contribution in [-0.2, 0) is 14.4 Å². The first-order valence-electron chi connectivity index (χ1n) is 9.66. The molecule has 0 aliphatic carbocycles. The van der Waals surface area contributed by atoms with Gasteiger partial charge in [0.2, 0.25) is 11.8 Å². The number of fused-ring (bicyclic) bond motifs is 1. The van der Waals surface area contributed by atoms with Crippen molar-refractivity contribution in [3.63, 3.8) is 0 Å². The molecule has 3 heterocycles. The van der Waals surface area contributed by atoms with E-state index in [1.165, 1.54) is 4.90 Å². The zero-order valence-electron chi connectivity index (χ0n) is 16.5. The van der Waals surface area contributed by atoms with Crippen molar-refractivity contribution in [1.82, 2.24) is 15.1 Å². The van der Waals surface area contributed by atoms with Crippen LogP contribution in [0, 0.1) is 11.8 Å². The number of carboxylic acids is 1. The van der Waals surface area contributed by atoms with E-state index < -0.39 is 18.0 Å². The van der Waals surface area contributed by atoms with E-state index in [2.05, 4.69) is 15.2 Å². The molecule has 2 saturated heterocycles. The Bertz CT molecular complexity index is 775. The lowest BCUT2D eigenvalue weighted by molar-refractivity contribution is -0.163. The Morgan fingerprint density at radius 1 is 1.38 bits per heavy atom. The zero-order valence-corrected chi connectivity index (χ0v) is 16.5. The van der Waals surface area contributed by atoms with Gasteiger partial charge in [-0.1, -0.05) is 6.92 Å². The summed E-state index contributed by atoms with van der Waals surface area (Å²) in [4.78, 5) is 43.2. The molecule has 0 aromatic heterocycles. The lowest BCUT2D eigenvalue weighted by Gasteiger charge is -2.46. The minimum Gasteiger partial charge on any atom is -0.477 e. The molecule has 7 N–H and O–H groups in total. The van der Waals surface area contributed by atoms with Crippen LogP contribution in [0.3, 0.4) is 0 Å². The molecule has 29 heavy (non-hydrogen) atoms. The summed E-state index contributed by atoms with van der Waals surface area (Å²) in [5.41, 5.74) is 11.2. The van der Waals surface area contributed by atoms with Gasteiger partial charge in [-0.05, 0) is 18.9 Å². The van der Waals surface area contributed by atoms with Gasteiger partial charge in [0.25, 0.3) is 0 Å². The van der Waals surface area contributed by atoms with Crippen LogP contribution >= 0.6 is 0 Å².